The molecule has 1 aromatic carbocycles. The molecule has 1 amide bonds. The van der Waals surface area contributed by atoms with Crippen LogP contribution in [-0.4, -0.2) is 19.0 Å². The van der Waals surface area contributed by atoms with Crippen LogP contribution in [0.15, 0.2) is 18.2 Å². The van der Waals surface area contributed by atoms with Crippen molar-refractivity contribution in [3.8, 4) is 6.07 Å². The van der Waals surface area contributed by atoms with Gasteiger partial charge in [0.25, 0.3) is 0 Å². The maximum atomic E-state index is 12.9. The van der Waals surface area contributed by atoms with Gasteiger partial charge < -0.3 is 10.6 Å². The molecule has 0 atom stereocenters. The van der Waals surface area contributed by atoms with E-state index < -0.39 is 5.82 Å². The van der Waals surface area contributed by atoms with Crippen LogP contribution in [0.2, 0.25) is 5.02 Å². The largest absolute Gasteiger partial charge is 0.354 e. The lowest BCUT2D eigenvalue weighted by Crippen LogP contribution is -2.34. The zero-order chi connectivity index (χ0) is 13.4. The third-order valence-corrected chi connectivity index (χ3v) is 2.45. The summed E-state index contributed by atoms with van der Waals surface area (Å²) in [6.07, 6.45) is 0.291. The monoisotopic (exact) mass is 269 g/mol. The molecule has 0 bridgehead atoms. The quantitative estimate of drug-likeness (QED) is 0.771. The average Bonchev–Trinajstić information content (AvgIpc) is 2.34. The highest BCUT2D eigenvalue weighted by Gasteiger charge is 2.02. The van der Waals surface area contributed by atoms with Gasteiger partial charge in [-0.2, -0.15) is 5.26 Å². The number of rotatable bonds is 6. The van der Waals surface area contributed by atoms with Crippen LogP contribution < -0.4 is 10.6 Å². The maximum Gasteiger partial charge on any atom is 0.234 e. The first-order valence-electron chi connectivity index (χ1n) is 5.42. The van der Waals surface area contributed by atoms with Crippen molar-refractivity contribution in [2.75, 3.05) is 13.1 Å². The van der Waals surface area contributed by atoms with Gasteiger partial charge in [-0.3, -0.25) is 4.79 Å². The van der Waals surface area contributed by atoms with Gasteiger partial charge in [0.2, 0.25) is 5.91 Å². The van der Waals surface area contributed by atoms with E-state index in [-0.39, 0.29) is 17.5 Å². The zero-order valence-electron chi connectivity index (χ0n) is 9.67. The van der Waals surface area contributed by atoms with Gasteiger partial charge in [-0.05, 0) is 17.7 Å². The fourth-order valence-corrected chi connectivity index (χ4v) is 1.49. The molecular weight excluding hydrogens is 257 g/mol. The molecule has 96 valence electrons. The number of hydrogen-bond donors (Lipinski definition) is 2. The summed E-state index contributed by atoms with van der Waals surface area (Å²) in [6.45, 7) is 0.908. The van der Waals surface area contributed by atoms with Crippen LogP contribution in [-0.2, 0) is 11.3 Å². The van der Waals surface area contributed by atoms with Crippen LogP contribution >= 0.6 is 11.6 Å². The van der Waals surface area contributed by atoms with Gasteiger partial charge in [-0.1, -0.05) is 17.7 Å². The maximum absolute atomic E-state index is 12.9. The number of amides is 1. The Balaban J connectivity index is 2.27. The smallest absolute Gasteiger partial charge is 0.234 e. The zero-order valence-corrected chi connectivity index (χ0v) is 10.4. The van der Waals surface area contributed by atoms with E-state index >= 15 is 0 Å². The number of nitriles is 1. The normalized spacial score (nSPS) is 9.83. The number of hydrogen-bond acceptors (Lipinski definition) is 3. The summed E-state index contributed by atoms with van der Waals surface area (Å²) in [5, 5.41) is 13.8. The van der Waals surface area contributed by atoms with E-state index in [0.717, 1.165) is 5.56 Å². The van der Waals surface area contributed by atoms with E-state index in [9.17, 15) is 9.18 Å². The van der Waals surface area contributed by atoms with Crippen LogP contribution in [0.5, 0.6) is 0 Å². The summed E-state index contributed by atoms with van der Waals surface area (Å²) in [6, 6.07) is 6.33. The number of benzene rings is 1. The van der Waals surface area contributed by atoms with E-state index in [2.05, 4.69) is 10.6 Å². The van der Waals surface area contributed by atoms with Gasteiger partial charge in [0.15, 0.2) is 0 Å². The molecule has 0 aliphatic carbocycles. The number of carbonyl (C=O) groups excluding carboxylic acids is 1. The van der Waals surface area contributed by atoms with Gasteiger partial charge in [0.05, 0.1) is 24.1 Å². The number of carbonyl (C=O) groups is 1. The van der Waals surface area contributed by atoms with Crippen molar-refractivity contribution in [1.29, 1.82) is 5.26 Å². The fraction of sp³-hybridized carbons (Fsp3) is 0.333. The Morgan fingerprint density at radius 1 is 1.50 bits per heavy atom. The van der Waals surface area contributed by atoms with Gasteiger partial charge in [-0.25, -0.2) is 4.39 Å². The highest BCUT2D eigenvalue weighted by molar-refractivity contribution is 6.30. The van der Waals surface area contributed by atoms with Crippen LogP contribution in [0.4, 0.5) is 4.39 Å². The minimum atomic E-state index is -0.463. The fourth-order valence-electron chi connectivity index (χ4n) is 1.29. The van der Waals surface area contributed by atoms with Crippen LogP contribution in [0, 0.1) is 17.1 Å². The molecule has 0 spiro atoms. The first kappa shape index (κ1) is 14.4. The van der Waals surface area contributed by atoms with Crippen molar-refractivity contribution in [2.24, 2.45) is 0 Å². The van der Waals surface area contributed by atoms with Gasteiger partial charge in [-0.15, -0.1) is 0 Å². The van der Waals surface area contributed by atoms with E-state index in [1.807, 2.05) is 6.07 Å². The predicted octanol–water partition coefficient (Wildman–Crippen LogP) is 1.60. The molecule has 1 rings (SSSR count). The second kappa shape index (κ2) is 7.64. The van der Waals surface area contributed by atoms with Crippen molar-refractivity contribution >= 4 is 17.5 Å². The van der Waals surface area contributed by atoms with E-state index in [0.29, 0.717) is 19.5 Å². The molecule has 0 saturated carbocycles. The number of halogens is 2. The molecule has 1 aromatic rings. The summed E-state index contributed by atoms with van der Waals surface area (Å²) in [7, 11) is 0. The highest BCUT2D eigenvalue weighted by atomic mass is 35.5. The third-order valence-electron chi connectivity index (χ3n) is 2.16. The van der Waals surface area contributed by atoms with E-state index in [1.165, 1.54) is 12.1 Å². The first-order chi connectivity index (χ1) is 8.63. The Morgan fingerprint density at radius 3 is 2.94 bits per heavy atom. The molecule has 0 unspecified atom stereocenters. The number of nitrogens with zero attached hydrogens (tertiary/aromatic N) is 1. The lowest BCUT2D eigenvalue weighted by Gasteiger charge is -2.06. The molecule has 2 N–H and O–H groups in total. The Hall–Kier alpha value is -1.64. The van der Waals surface area contributed by atoms with E-state index in [4.69, 9.17) is 16.9 Å². The number of nitrogens with one attached hydrogen (secondary N) is 2. The minimum Gasteiger partial charge on any atom is -0.354 e. The highest BCUT2D eigenvalue weighted by Crippen LogP contribution is 2.15. The second-order valence-corrected chi connectivity index (χ2v) is 4.02. The minimum absolute atomic E-state index is 0.0628. The van der Waals surface area contributed by atoms with Crippen LogP contribution in [0.1, 0.15) is 12.0 Å². The molecule has 0 saturated heterocycles. The summed E-state index contributed by atoms with van der Waals surface area (Å²) in [5.74, 6) is -0.645. The van der Waals surface area contributed by atoms with Crippen LogP contribution in [0.25, 0.3) is 0 Å². The summed E-state index contributed by atoms with van der Waals surface area (Å²) in [5.41, 5.74) is 0.797. The van der Waals surface area contributed by atoms with Gasteiger partial charge in [0, 0.05) is 13.1 Å². The van der Waals surface area contributed by atoms with Crippen molar-refractivity contribution < 1.29 is 9.18 Å². The Bertz CT molecular complexity index is 459. The summed E-state index contributed by atoms with van der Waals surface area (Å²) >= 11 is 5.63. The molecule has 0 aliphatic rings. The molecule has 0 fully saturated rings. The van der Waals surface area contributed by atoms with E-state index in [1.54, 1.807) is 6.07 Å². The van der Waals surface area contributed by atoms with Crippen molar-refractivity contribution in [3.05, 3.63) is 34.6 Å². The predicted molar refractivity (Wildman–Crippen MR) is 66.4 cm³/mol. The standard InChI is InChI=1S/C12H13ClFN3O/c13-10-6-9(2-3-11(10)14)7-16-8-12(18)17-5-1-4-15/h2-3,6,16H,1,5,7-8H2,(H,17,18). The van der Waals surface area contributed by atoms with Gasteiger partial charge >= 0.3 is 0 Å². The van der Waals surface area contributed by atoms with Crippen molar-refractivity contribution in [1.82, 2.24) is 10.6 Å². The first-order valence-corrected chi connectivity index (χ1v) is 5.79. The van der Waals surface area contributed by atoms with Crippen LogP contribution in [0.3, 0.4) is 0 Å². The Morgan fingerprint density at radius 2 is 2.28 bits per heavy atom. The molecule has 0 radical (unpaired) electrons. The molecule has 0 aromatic heterocycles. The lowest BCUT2D eigenvalue weighted by molar-refractivity contribution is -0.120. The van der Waals surface area contributed by atoms with Crippen molar-refractivity contribution in [3.63, 3.8) is 0 Å². The molecule has 0 heterocycles. The molecular formula is C12H13ClFN3O. The SMILES string of the molecule is N#CCCNC(=O)CNCc1ccc(F)c(Cl)c1. The average molecular weight is 270 g/mol. The summed E-state index contributed by atoms with van der Waals surface area (Å²) in [4.78, 5) is 11.3. The Kier molecular flexibility index (Phi) is 6.12. The Labute approximate surface area is 110 Å². The van der Waals surface area contributed by atoms with Gasteiger partial charge in [0.1, 0.15) is 5.82 Å². The molecule has 18 heavy (non-hydrogen) atoms. The topological polar surface area (TPSA) is 64.9 Å². The molecule has 0 aliphatic heterocycles. The second-order valence-electron chi connectivity index (χ2n) is 3.61. The summed E-state index contributed by atoms with van der Waals surface area (Å²) < 4.78 is 12.9. The molecule has 6 heteroatoms. The van der Waals surface area contributed by atoms with Crippen molar-refractivity contribution in [2.45, 2.75) is 13.0 Å². The molecule has 4 nitrogen and oxygen atoms in total. The third kappa shape index (κ3) is 5.13. The lowest BCUT2D eigenvalue weighted by atomic mass is 10.2.